The van der Waals surface area contributed by atoms with Crippen LogP contribution in [0.25, 0.3) is 0 Å². The van der Waals surface area contributed by atoms with Crippen LogP contribution in [-0.2, 0) is 0 Å². The van der Waals surface area contributed by atoms with Crippen molar-refractivity contribution < 1.29 is 4.79 Å². The number of amides is 2. The van der Waals surface area contributed by atoms with Crippen LogP contribution < -0.4 is 11.1 Å². The van der Waals surface area contributed by atoms with Crippen LogP contribution in [0.5, 0.6) is 0 Å². The summed E-state index contributed by atoms with van der Waals surface area (Å²) in [5, 5.41) is 2.90. The fourth-order valence-electron chi connectivity index (χ4n) is 2.08. The van der Waals surface area contributed by atoms with Crippen molar-refractivity contribution >= 4 is 23.2 Å². The van der Waals surface area contributed by atoms with E-state index in [2.05, 4.69) is 5.32 Å². The van der Waals surface area contributed by atoms with Crippen LogP contribution in [0.2, 0.25) is 0 Å². The lowest BCUT2D eigenvalue weighted by atomic mass is 10.2. The molecule has 3 N–H and O–H groups in total. The molecule has 92 valence electrons. The minimum atomic E-state index is -0.0466. The third-order valence-corrected chi connectivity index (χ3v) is 2.89. The van der Waals surface area contributed by atoms with Crippen molar-refractivity contribution in [2.24, 2.45) is 5.73 Å². The van der Waals surface area contributed by atoms with E-state index in [1.165, 1.54) is 12.8 Å². The molecule has 4 nitrogen and oxygen atoms in total. The number of hydrogen-bond donors (Lipinski definition) is 2. The maximum absolute atomic E-state index is 12.0. The summed E-state index contributed by atoms with van der Waals surface area (Å²) in [6.45, 7) is 4.29. The fraction of sp³-hybridized carbons (Fsp3) is 0.818. The SMILES string of the molecule is CC(C)NC(=O)N(CC(N)=S)C1CCCC1. The van der Waals surface area contributed by atoms with E-state index in [0.717, 1.165) is 12.8 Å². The zero-order valence-corrected chi connectivity index (χ0v) is 10.8. The Balaban J connectivity index is 2.61. The molecule has 0 spiro atoms. The minimum Gasteiger partial charge on any atom is -0.392 e. The molecule has 0 heterocycles. The smallest absolute Gasteiger partial charge is 0.318 e. The van der Waals surface area contributed by atoms with Gasteiger partial charge in [0.25, 0.3) is 0 Å². The zero-order valence-electron chi connectivity index (χ0n) is 10.0. The molecular formula is C11H21N3OS. The van der Waals surface area contributed by atoms with Gasteiger partial charge < -0.3 is 16.0 Å². The van der Waals surface area contributed by atoms with Gasteiger partial charge in [0.15, 0.2) is 0 Å². The Hall–Kier alpha value is -0.840. The molecule has 0 radical (unpaired) electrons. The Labute approximate surface area is 103 Å². The van der Waals surface area contributed by atoms with Gasteiger partial charge in [-0.15, -0.1) is 0 Å². The third-order valence-electron chi connectivity index (χ3n) is 2.76. The van der Waals surface area contributed by atoms with Gasteiger partial charge in [0, 0.05) is 12.1 Å². The number of rotatable bonds is 4. The standard InChI is InChI=1S/C11H21N3OS/c1-8(2)13-11(15)14(7-10(12)16)9-5-3-4-6-9/h8-9H,3-7H2,1-2H3,(H2,12,16)(H,13,15). The molecule has 0 aromatic heterocycles. The van der Waals surface area contributed by atoms with E-state index in [4.69, 9.17) is 18.0 Å². The number of nitrogens with one attached hydrogen (secondary N) is 1. The first kappa shape index (κ1) is 13.2. The minimum absolute atomic E-state index is 0.0466. The Morgan fingerprint density at radius 1 is 1.50 bits per heavy atom. The number of carbonyl (C=O) groups is 1. The van der Waals surface area contributed by atoms with Gasteiger partial charge in [-0.1, -0.05) is 25.1 Å². The summed E-state index contributed by atoms with van der Waals surface area (Å²) in [7, 11) is 0. The van der Waals surface area contributed by atoms with E-state index in [1.54, 1.807) is 4.90 Å². The van der Waals surface area contributed by atoms with Crippen molar-refractivity contribution in [2.75, 3.05) is 6.54 Å². The second kappa shape index (κ2) is 6.03. The van der Waals surface area contributed by atoms with Gasteiger partial charge >= 0.3 is 6.03 Å². The average Bonchev–Trinajstić information content (AvgIpc) is 2.64. The van der Waals surface area contributed by atoms with Crippen molar-refractivity contribution in [3.63, 3.8) is 0 Å². The number of nitrogens with zero attached hydrogens (tertiary/aromatic N) is 1. The number of urea groups is 1. The van der Waals surface area contributed by atoms with Crippen LogP contribution in [0.15, 0.2) is 0 Å². The Bertz CT molecular complexity index is 262. The highest BCUT2D eigenvalue weighted by molar-refractivity contribution is 7.80. The normalized spacial score (nSPS) is 16.4. The lowest BCUT2D eigenvalue weighted by molar-refractivity contribution is 0.183. The van der Waals surface area contributed by atoms with E-state index in [-0.39, 0.29) is 12.1 Å². The Kier molecular flexibility index (Phi) is 4.99. The molecule has 0 saturated heterocycles. The van der Waals surface area contributed by atoms with Gasteiger partial charge in [-0.2, -0.15) is 0 Å². The van der Waals surface area contributed by atoms with Crippen molar-refractivity contribution in [3.05, 3.63) is 0 Å². The van der Waals surface area contributed by atoms with Gasteiger partial charge in [-0.3, -0.25) is 0 Å². The highest BCUT2D eigenvalue weighted by atomic mass is 32.1. The molecular weight excluding hydrogens is 222 g/mol. The van der Waals surface area contributed by atoms with Gasteiger partial charge in [0.2, 0.25) is 0 Å². The number of thiocarbonyl (C=S) groups is 1. The van der Waals surface area contributed by atoms with E-state index in [0.29, 0.717) is 17.6 Å². The second-order valence-electron chi connectivity index (χ2n) is 4.64. The molecule has 0 aromatic rings. The van der Waals surface area contributed by atoms with Gasteiger partial charge in [0.05, 0.1) is 11.5 Å². The third kappa shape index (κ3) is 3.96. The monoisotopic (exact) mass is 243 g/mol. The number of nitrogens with two attached hydrogens (primary N) is 1. The summed E-state index contributed by atoms with van der Waals surface area (Å²) in [6, 6.07) is 0.401. The summed E-state index contributed by atoms with van der Waals surface area (Å²) in [5.41, 5.74) is 5.54. The van der Waals surface area contributed by atoms with E-state index >= 15 is 0 Å². The first-order valence-corrected chi connectivity index (χ1v) is 6.27. The predicted molar refractivity (Wildman–Crippen MR) is 69.4 cm³/mol. The summed E-state index contributed by atoms with van der Waals surface area (Å²) >= 11 is 4.90. The maximum atomic E-state index is 12.0. The van der Waals surface area contributed by atoms with E-state index in [9.17, 15) is 4.79 Å². The quantitative estimate of drug-likeness (QED) is 0.738. The number of hydrogen-bond acceptors (Lipinski definition) is 2. The van der Waals surface area contributed by atoms with Crippen molar-refractivity contribution in [1.29, 1.82) is 0 Å². The average molecular weight is 243 g/mol. The summed E-state index contributed by atoms with van der Waals surface area (Å²) in [6.07, 6.45) is 4.50. The van der Waals surface area contributed by atoms with Crippen LogP contribution in [0, 0.1) is 0 Å². The molecule has 0 unspecified atom stereocenters. The second-order valence-corrected chi connectivity index (χ2v) is 5.16. The van der Waals surface area contributed by atoms with Gasteiger partial charge in [-0.05, 0) is 26.7 Å². The lowest BCUT2D eigenvalue weighted by Crippen LogP contribution is -2.50. The largest absolute Gasteiger partial charge is 0.392 e. The number of carbonyl (C=O) groups excluding carboxylic acids is 1. The highest BCUT2D eigenvalue weighted by Crippen LogP contribution is 2.23. The molecule has 2 amide bonds. The lowest BCUT2D eigenvalue weighted by Gasteiger charge is -2.29. The van der Waals surface area contributed by atoms with Crippen molar-refractivity contribution in [2.45, 2.75) is 51.6 Å². The Morgan fingerprint density at radius 2 is 2.06 bits per heavy atom. The first-order valence-electron chi connectivity index (χ1n) is 5.86. The molecule has 1 fully saturated rings. The summed E-state index contributed by atoms with van der Waals surface area (Å²) < 4.78 is 0. The first-order chi connectivity index (χ1) is 7.50. The highest BCUT2D eigenvalue weighted by Gasteiger charge is 2.27. The van der Waals surface area contributed by atoms with Crippen molar-refractivity contribution in [1.82, 2.24) is 10.2 Å². The molecule has 1 aliphatic carbocycles. The van der Waals surface area contributed by atoms with Crippen LogP contribution in [-0.4, -0.2) is 34.5 Å². The molecule has 1 saturated carbocycles. The fourth-order valence-corrected chi connectivity index (χ4v) is 2.22. The molecule has 16 heavy (non-hydrogen) atoms. The molecule has 5 heteroatoms. The van der Waals surface area contributed by atoms with Crippen LogP contribution in [0.4, 0.5) is 4.79 Å². The van der Waals surface area contributed by atoms with Crippen LogP contribution in [0.3, 0.4) is 0 Å². The molecule has 0 atom stereocenters. The summed E-state index contributed by atoms with van der Waals surface area (Å²) in [5.74, 6) is 0. The van der Waals surface area contributed by atoms with Gasteiger partial charge in [-0.25, -0.2) is 4.79 Å². The predicted octanol–water partition coefficient (Wildman–Crippen LogP) is 1.64. The maximum Gasteiger partial charge on any atom is 0.318 e. The summed E-state index contributed by atoms with van der Waals surface area (Å²) in [4.78, 5) is 14.1. The van der Waals surface area contributed by atoms with Crippen molar-refractivity contribution in [3.8, 4) is 0 Å². The molecule has 0 aliphatic heterocycles. The molecule has 0 aromatic carbocycles. The van der Waals surface area contributed by atoms with E-state index in [1.807, 2.05) is 13.8 Å². The van der Waals surface area contributed by atoms with Gasteiger partial charge in [0.1, 0.15) is 0 Å². The van der Waals surface area contributed by atoms with Crippen LogP contribution in [0.1, 0.15) is 39.5 Å². The van der Waals surface area contributed by atoms with E-state index < -0.39 is 0 Å². The molecule has 1 rings (SSSR count). The molecule has 0 bridgehead atoms. The zero-order chi connectivity index (χ0) is 12.1. The topological polar surface area (TPSA) is 58.4 Å². The Morgan fingerprint density at radius 3 is 2.50 bits per heavy atom. The van der Waals surface area contributed by atoms with Crippen LogP contribution >= 0.6 is 12.2 Å². The molecule has 1 aliphatic rings.